The number of carbonyl (C=O) groups is 1. The summed E-state index contributed by atoms with van der Waals surface area (Å²) in [5.74, 6) is 0.569. The standard InChI is InChI=1S/C13H15NO3/c1-2-16-13(15)9-14-8-11-7-10-5-3-4-6-12(10)17-11/h3-7,14H,2,8-9H2,1H3. The van der Waals surface area contributed by atoms with Crippen LogP contribution >= 0.6 is 0 Å². The first-order valence-corrected chi connectivity index (χ1v) is 5.63. The largest absolute Gasteiger partial charge is 0.465 e. The van der Waals surface area contributed by atoms with Gasteiger partial charge >= 0.3 is 5.97 Å². The number of carbonyl (C=O) groups excluding carboxylic acids is 1. The van der Waals surface area contributed by atoms with E-state index in [1.807, 2.05) is 30.3 Å². The molecule has 1 N–H and O–H groups in total. The minimum absolute atomic E-state index is 0.199. The Hall–Kier alpha value is -1.81. The molecule has 4 nitrogen and oxygen atoms in total. The number of hydrogen-bond acceptors (Lipinski definition) is 4. The molecule has 2 rings (SSSR count). The van der Waals surface area contributed by atoms with E-state index in [9.17, 15) is 4.79 Å². The van der Waals surface area contributed by atoms with Crippen LogP contribution < -0.4 is 5.32 Å². The van der Waals surface area contributed by atoms with Gasteiger partial charge < -0.3 is 9.15 Å². The molecule has 0 radical (unpaired) electrons. The molecule has 1 aromatic heterocycles. The molecule has 0 aliphatic heterocycles. The SMILES string of the molecule is CCOC(=O)CNCc1cc2ccccc2o1. The van der Waals surface area contributed by atoms with Gasteiger partial charge in [-0.15, -0.1) is 0 Å². The Morgan fingerprint density at radius 3 is 3.00 bits per heavy atom. The molecule has 0 fully saturated rings. The van der Waals surface area contributed by atoms with E-state index in [1.165, 1.54) is 0 Å². The number of furan rings is 1. The van der Waals surface area contributed by atoms with Crippen molar-refractivity contribution in [3.8, 4) is 0 Å². The molecule has 17 heavy (non-hydrogen) atoms. The molecule has 0 atom stereocenters. The number of rotatable bonds is 5. The van der Waals surface area contributed by atoms with Crippen LogP contribution in [0.5, 0.6) is 0 Å². The Morgan fingerprint density at radius 2 is 2.24 bits per heavy atom. The summed E-state index contributed by atoms with van der Waals surface area (Å²) in [5.41, 5.74) is 0.862. The van der Waals surface area contributed by atoms with Crippen LogP contribution in [0.15, 0.2) is 34.7 Å². The molecule has 0 unspecified atom stereocenters. The van der Waals surface area contributed by atoms with Crippen molar-refractivity contribution in [2.45, 2.75) is 13.5 Å². The lowest BCUT2D eigenvalue weighted by molar-refractivity contribution is -0.142. The first-order valence-electron chi connectivity index (χ1n) is 5.63. The second-order valence-corrected chi connectivity index (χ2v) is 3.66. The van der Waals surface area contributed by atoms with Crippen LogP contribution in [0.1, 0.15) is 12.7 Å². The highest BCUT2D eigenvalue weighted by Gasteiger charge is 2.04. The summed E-state index contributed by atoms with van der Waals surface area (Å²) in [6, 6.07) is 9.78. The van der Waals surface area contributed by atoms with Crippen LogP contribution in [0.25, 0.3) is 11.0 Å². The molecule has 1 heterocycles. The Labute approximate surface area is 99.6 Å². The monoisotopic (exact) mass is 233 g/mol. The maximum absolute atomic E-state index is 11.1. The highest BCUT2D eigenvalue weighted by molar-refractivity contribution is 5.77. The summed E-state index contributed by atoms with van der Waals surface area (Å²) >= 11 is 0. The van der Waals surface area contributed by atoms with Gasteiger partial charge in [0.25, 0.3) is 0 Å². The first-order chi connectivity index (χ1) is 8.29. The third kappa shape index (κ3) is 3.07. The summed E-state index contributed by atoms with van der Waals surface area (Å²) in [4.78, 5) is 11.1. The van der Waals surface area contributed by atoms with Crippen molar-refractivity contribution in [1.82, 2.24) is 5.32 Å². The fraction of sp³-hybridized carbons (Fsp3) is 0.308. The maximum Gasteiger partial charge on any atom is 0.319 e. The Bertz CT molecular complexity index is 471. The third-order valence-corrected chi connectivity index (χ3v) is 2.35. The van der Waals surface area contributed by atoms with E-state index in [0.29, 0.717) is 13.2 Å². The predicted molar refractivity (Wildman–Crippen MR) is 64.6 cm³/mol. The molecule has 1 aromatic carbocycles. The second-order valence-electron chi connectivity index (χ2n) is 3.66. The molecular weight excluding hydrogens is 218 g/mol. The maximum atomic E-state index is 11.1. The molecule has 0 aliphatic carbocycles. The van der Waals surface area contributed by atoms with Crippen molar-refractivity contribution in [2.75, 3.05) is 13.2 Å². The van der Waals surface area contributed by atoms with E-state index in [1.54, 1.807) is 6.92 Å². The van der Waals surface area contributed by atoms with Gasteiger partial charge in [-0.25, -0.2) is 0 Å². The van der Waals surface area contributed by atoms with Crippen molar-refractivity contribution >= 4 is 16.9 Å². The Kier molecular flexibility index (Phi) is 3.77. The highest BCUT2D eigenvalue weighted by atomic mass is 16.5. The molecule has 0 saturated heterocycles. The lowest BCUT2D eigenvalue weighted by atomic mass is 10.2. The average Bonchev–Trinajstić information content (AvgIpc) is 2.71. The van der Waals surface area contributed by atoms with Crippen LogP contribution in [0.3, 0.4) is 0 Å². The molecule has 0 amide bonds. The van der Waals surface area contributed by atoms with Crippen LogP contribution in [0, 0.1) is 0 Å². The summed E-state index contributed by atoms with van der Waals surface area (Å²) in [6.07, 6.45) is 0. The zero-order valence-electron chi connectivity index (χ0n) is 9.73. The quantitative estimate of drug-likeness (QED) is 0.803. The second kappa shape index (κ2) is 5.50. The van der Waals surface area contributed by atoms with Gasteiger partial charge in [0.2, 0.25) is 0 Å². The topological polar surface area (TPSA) is 51.5 Å². The van der Waals surface area contributed by atoms with Gasteiger partial charge in [-0.05, 0) is 19.1 Å². The predicted octanol–water partition coefficient (Wildman–Crippen LogP) is 2.09. The first kappa shape index (κ1) is 11.7. The lowest BCUT2D eigenvalue weighted by Crippen LogP contribution is -2.24. The van der Waals surface area contributed by atoms with E-state index in [-0.39, 0.29) is 12.5 Å². The molecule has 90 valence electrons. The molecular formula is C13H15NO3. The number of benzene rings is 1. The van der Waals surface area contributed by atoms with Gasteiger partial charge in [0.05, 0.1) is 19.7 Å². The Balaban J connectivity index is 1.89. The lowest BCUT2D eigenvalue weighted by Gasteiger charge is -2.02. The Morgan fingerprint density at radius 1 is 1.41 bits per heavy atom. The summed E-state index contributed by atoms with van der Waals surface area (Å²) in [5, 5.41) is 4.05. The summed E-state index contributed by atoms with van der Waals surface area (Å²) < 4.78 is 10.4. The van der Waals surface area contributed by atoms with Crippen LogP contribution in [0.4, 0.5) is 0 Å². The van der Waals surface area contributed by atoms with E-state index in [2.05, 4.69) is 5.32 Å². The number of esters is 1. The number of nitrogens with one attached hydrogen (secondary N) is 1. The van der Waals surface area contributed by atoms with Crippen molar-refractivity contribution in [2.24, 2.45) is 0 Å². The van der Waals surface area contributed by atoms with Gasteiger partial charge in [0.15, 0.2) is 0 Å². The normalized spacial score (nSPS) is 10.6. The van der Waals surface area contributed by atoms with Crippen molar-refractivity contribution < 1.29 is 13.9 Å². The number of fused-ring (bicyclic) bond motifs is 1. The molecule has 0 spiro atoms. The number of ether oxygens (including phenoxy) is 1. The van der Waals surface area contributed by atoms with Crippen LogP contribution in [-0.2, 0) is 16.1 Å². The van der Waals surface area contributed by atoms with Crippen LogP contribution in [-0.4, -0.2) is 19.1 Å². The van der Waals surface area contributed by atoms with E-state index < -0.39 is 0 Å². The number of hydrogen-bond donors (Lipinski definition) is 1. The molecule has 0 aliphatic rings. The number of para-hydroxylation sites is 1. The van der Waals surface area contributed by atoms with Gasteiger partial charge in [0.1, 0.15) is 11.3 Å². The van der Waals surface area contributed by atoms with Gasteiger partial charge in [-0.3, -0.25) is 10.1 Å². The third-order valence-electron chi connectivity index (χ3n) is 2.35. The summed E-state index contributed by atoms with van der Waals surface area (Å²) in [6.45, 7) is 2.92. The molecule has 0 bridgehead atoms. The van der Waals surface area contributed by atoms with E-state index in [4.69, 9.17) is 9.15 Å². The fourth-order valence-corrected chi connectivity index (χ4v) is 1.62. The van der Waals surface area contributed by atoms with E-state index in [0.717, 1.165) is 16.7 Å². The molecule has 0 saturated carbocycles. The smallest absolute Gasteiger partial charge is 0.319 e. The molecule has 2 aromatic rings. The van der Waals surface area contributed by atoms with Crippen molar-refractivity contribution in [1.29, 1.82) is 0 Å². The van der Waals surface area contributed by atoms with Gasteiger partial charge in [-0.1, -0.05) is 18.2 Å². The zero-order valence-corrected chi connectivity index (χ0v) is 9.73. The fourth-order valence-electron chi connectivity index (χ4n) is 1.62. The van der Waals surface area contributed by atoms with E-state index >= 15 is 0 Å². The average molecular weight is 233 g/mol. The minimum atomic E-state index is -0.247. The van der Waals surface area contributed by atoms with Gasteiger partial charge in [0, 0.05) is 5.39 Å². The minimum Gasteiger partial charge on any atom is -0.465 e. The zero-order chi connectivity index (χ0) is 12.1. The highest BCUT2D eigenvalue weighted by Crippen LogP contribution is 2.18. The van der Waals surface area contributed by atoms with Crippen molar-refractivity contribution in [3.05, 3.63) is 36.1 Å². The van der Waals surface area contributed by atoms with Crippen LogP contribution in [0.2, 0.25) is 0 Å². The summed E-state index contributed by atoms with van der Waals surface area (Å²) in [7, 11) is 0. The van der Waals surface area contributed by atoms with Crippen molar-refractivity contribution in [3.63, 3.8) is 0 Å². The van der Waals surface area contributed by atoms with Gasteiger partial charge in [-0.2, -0.15) is 0 Å². The molecule has 4 heteroatoms.